The van der Waals surface area contributed by atoms with Gasteiger partial charge in [-0.15, -0.1) is 0 Å². The number of amides is 2. The maximum Gasteiger partial charge on any atom is 0.260 e. The maximum absolute atomic E-state index is 13.7. The zero-order chi connectivity index (χ0) is 38.1. The van der Waals surface area contributed by atoms with Crippen molar-refractivity contribution in [1.29, 1.82) is 0 Å². The first-order valence-corrected chi connectivity index (χ1v) is 19.2. The number of aryl methyl sites for hydroxylation is 3. The number of rotatable bonds is 12. The van der Waals surface area contributed by atoms with Crippen LogP contribution in [0.3, 0.4) is 0 Å². The lowest BCUT2D eigenvalue weighted by molar-refractivity contribution is 0.0809. The lowest BCUT2D eigenvalue weighted by Crippen LogP contribution is -2.32. The van der Waals surface area contributed by atoms with E-state index in [0.29, 0.717) is 53.6 Å². The first kappa shape index (κ1) is 36.0. The summed E-state index contributed by atoms with van der Waals surface area (Å²) in [4.78, 5) is 40.4. The molecule has 4 aliphatic heterocycles. The van der Waals surface area contributed by atoms with Crippen molar-refractivity contribution in [3.05, 3.63) is 124 Å². The van der Waals surface area contributed by atoms with E-state index in [1.165, 1.54) is 11.1 Å². The van der Waals surface area contributed by atoms with E-state index in [0.717, 1.165) is 65.7 Å². The van der Waals surface area contributed by atoms with Gasteiger partial charge in [0.1, 0.15) is 5.75 Å². The topological polar surface area (TPSA) is 93.0 Å². The van der Waals surface area contributed by atoms with E-state index in [1.807, 2.05) is 48.8 Å². The summed E-state index contributed by atoms with van der Waals surface area (Å²) in [5.41, 5.74) is 10.2. The molecule has 9 nitrogen and oxygen atoms in total. The molecule has 55 heavy (non-hydrogen) atoms. The molecular weight excluding hydrogens is 689 g/mol. The fourth-order valence-corrected chi connectivity index (χ4v) is 7.62. The number of fused-ring (bicyclic) bond motifs is 4. The summed E-state index contributed by atoms with van der Waals surface area (Å²) in [5.74, 6) is 1.66. The zero-order valence-electron chi connectivity index (χ0n) is 31.9. The van der Waals surface area contributed by atoms with Crippen LogP contribution in [0.4, 0.5) is 11.4 Å². The SMILES string of the molecule is CCc1ccc(C2=CN3C(=O)c4cc(C)c(OCCCCCOc5cc6c(cc5OC)C(=O)N5C=C(c7ccc(C)cc7)C[C@H]5C=N6)cc4N=C[C@@H]3C2)cc1. The molecule has 4 aliphatic rings. The van der Waals surface area contributed by atoms with Crippen LogP contribution in [-0.2, 0) is 6.42 Å². The number of nitrogens with zero attached hydrogens (tertiary/aromatic N) is 4. The summed E-state index contributed by atoms with van der Waals surface area (Å²) in [6, 6.07) is 24.0. The second kappa shape index (κ2) is 15.4. The molecule has 8 rings (SSSR count). The molecule has 0 bridgehead atoms. The highest BCUT2D eigenvalue weighted by molar-refractivity contribution is 6.06. The van der Waals surface area contributed by atoms with Crippen molar-refractivity contribution in [2.45, 2.75) is 71.4 Å². The van der Waals surface area contributed by atoms with Crippen LogP contribution in [-0.4, -0.2) is 66.5 Å². The predicted molar refractivity (Wildman–Crippen MR) is 217 cm³/mol. The molecule has 0 unspecified atom stereocenters. The van der Waals surface area contributed by atoms with E-state index in [1.54, 1.807) is 24.1 Å². The third kappa shape index (κ3) is 7.31. The monoisotopic (exact) mass is 734 g/mol. The van der Waals surface area contributed by atoms with Gasteiger partial charge in [-0.1, -0.05) is 61.0 Å². The maximum atomic E-state index is 13.7. The highest BCUT2D eigenvalue weighted by atomic mass is 16.5. The Morgan fingerprint density at radius 2 is 1.18 bits per heavy atom. The number of carbonyl (C=O) groups excluding carboxylic acids is 2. The minimum absolute atomic E-state index is 0.0400. The van der Waals surface area contributed by atoms with Crippen molar-refractivity contribution in [1.82, 2.24) is 9.80 Å². The first-order valence-electron chi connectivity index (χ1n) is 19.2. The Bertz CT molecular complexity index is 2250. The van der Waals surface area contributed by atoms with Crippen molar-refractivity contribution in [3.8, 4) is 17.2 Å². The van der Waals surface area contributed by atoms with Gasteiger partial charge in [0.2, 0.25) is 0 Å². The number of ether oxygens (including phenoxy) is 3. The number of unbranched alkanes of at least 4 members (excludes halogenated alkanes) is 2. The fourth-order valence-electron chi connectivity index (χ4n) is 7.62. The third-order valence-electron chi connectivity index (χ3n) is 10.9. The summed E-state index contributed by atoms with van der Waals surface area (Å²) in [7, 11) is 1.58. The molecule has 4 aromatic rings. The number of aliphatic imine (C=N–C) groups is 2. The Morgan fingerprint density at radius 1 is 0.655 bits per heavy atom. The molecule has 0 aliphatic carbocycles. The minimum Gasteiger partial charge on any atom is -0.493 e. The largest absolute Gasteiger partial charge is 0.493 e. The van der Waals surface area contributed by atoms with Crippen LogP contribution in [0.15, 0.2) is 95.2 Å². The molecule has 9 heteroatoms. The highest BCUT2D eigenvalue weighted by Crippen LogP contribution is 2.41. The lowest BCUT2D eigenvalue weighted by atomic mass is 10.0. The van der Waals surface area contributed by atoms with Gasteiger partial charge in [0.15, 0.2) is 11.5 Å². The van der Waals surface area contributed by atoms with Crippen molar-refractivity contribution >= 4 is 46.8 Å². The van der Waals surface area contributed by atoms with Gasteiger partial charge in [-0.2, -0.15) is 0 Å². The number of benzene rings is 4. The summed E-state index contributed by atoms with van der Waals surface area (Å²) >= 11 is 0. The second-order valence-corrected chi connectivity index (χ2v) is 14.7. The van der Waals surface area contributed by atoms with Crippen LogP contribution < -0.4 is 14.2 Å². The van der Waals surface area contributed by atoms with Gasteiger partial charge >= 0.3 is 0 Å². The molecule has 0 saturated heterocycles. The Labute approximate surface area is 322 Å². The van der Waals surface area contributed by atoms with E-state index < -0.39 is 0 Å². The smallest absolute Gasteiger partial charge is 0.260 e. The Hall–Kier alpha value is -5.96. The van der Waals surface area contributed by atoms with Gasteiger partial charge in [0, 0.05) is 49.8 Å². The van der Waals surface area contributed by atoms with E-state index in [4.69, 9.17) is 24.2 Å². The van der Waals surface area contributed by atoms with Gasteiger partial charge in [0.25, 0.3) is 11.8 Å². The van der Waals surface area contributed by atoms with Crippen LogP contribution in [0, 0.1) is 13.8 Å². The Morgan fingerprint density at radius 3 is 1.75 bits per heavy atom. The lowest BCUT2D eigenvalue weighted by Gasteiger charge is -2.19. The van der Waals surface area contributed by atoms with E-state index in [-0.39, 0.29) is 23.9 Å². The van der Waals surface area contributed by atoms with Crippen LogP contribution in [0.5, 0.6) is 17.2 Å². The van der Waals surface area contributed by atoms with Crippen LogP contribution in [0.25, 0.3) is 11.1 Å². The normalized spacial score (nSPS) is 18.2. The van der Waals surface area contributed by atoms with Crippen LogP contribution in [0.1, 0.15) is 87.6 Å². The molecule has 2 atom stereocenters. The van der Waals surface area contributed by atoms with E-state index in [9.17, 15) is 9.59 Å². The molecule has 4 aromatic carbocycles. The van der Waals surface area contributed by atoms with Crippen molar-refractivity contribution in [2.75, 3.05) is 20.3 Å². The summed E-state index contributed by atoms with van der Waals surface area (Å²) in [5, 5.41) is 0. The average molecular weight is 735 g/mol. The Kier molecular flexibility index (Phi) is 10.1. The van der Waals surface area contributed by atoms with Gasteiger partial charge in [-0.05, 0) is 85.1 Å². The molecule has 0 radical (unpaired) electrons. The number of carbonyl (C=O) groups is 2. The number of methoxy groups -OCH3 is 1. The van der Waals surface area contributed by atoms with Gasteiger partial charge < -0.3 is 24.0 Å². The molecule has 0 saturated carbocycles. The first-order chi connectivity index (χ1) is 26.8. The molecule has 280 valence electrons. The van der Waals surface area contributed by atoms with Gasteiger partial charge in [-0.25, -0.2) is 0 Å². The van der Waals surface area contributed by atoms with Gasteiger partial charge in [-0.3, -0.25) is 19.6 Å². The van der Waals surface area contributed by atoms with Crippen molar-refractivity contribution in [3.63, 3.8) is 0 Å². The number of hydrogen-bond donors (Lipinski definition) is 0. The molecule has 2 amide bonds. The summed E-state index contributed by atoms with van der Waals surface area (Å²) < 4.78 is 18.0. The molecule has 4 heterocycles. The van der Waals surface area contributed by atoms with Crippen LogP contribution in [0.2, 0.25) is 0 Å². The standard InChI is InChI=1S/C46H46N4O5/c1-5-31-11-15-33(16-12-31)35-21-36-25-47-40-23-42(30(3)19-38(40)45(51)49(36)28-35)54-17-7-6-8-18-55-44-24-41-39(22-43(44)53-4)46(52)50-27-34(20-37(50)26-48-41)32-13-9-29(2)10-14-32/h9-16,19,22-28,36-37H,5-8,17-18,20-21H2,1-4H3/t36-,37-/m0/s1. The average Bonchev–Trinajstić information content (AvgIpc) is 3.78. The van der Waals surface area contributed by atoms with E-state index in [2.05, 4.69) is 62.4 Å². The minimum atomic E-state index is -0.142. The molecule has 0 fully saturated rings. The van der Waals surface area contributed by atoms with Gasteiger partial charge in [0.05, 0.1) is 54.9 Å². The Balaban J connectivity index is 0.837. The van der Waals surface area contributed by atoms with Crippen molar-refractivity contribution < 1.29 is 23.8 Å². The molecule has 0 aromatic heterocycles. The second-order valence-electron chi connectivity index (χ2n) is 14.7. The molecular formula is C46H46N4O5. The predicted octanol–water partition coefficient (Wildman–Crippen LogP) is 9.45. The molecule has 0 N–H and O–H groups in total. The van der Waals surface area contributed by atoms with E-state index >= 15 is 0 Å². The fraction of sp³-hybridized carbons (Fsp3) is 0.304. The summed E-state index contributed by atoms with van der Waals surface area (Å²) in [6.45, 7) is 7.20. The highest BCUT2D eigenvalue weighted by Gasteiger charge is 2.34. The molecule has 0 spiro atoms. The van der Waals surface area contributed by atoms with Crippen molar-refractivity contribution in [2.24, 2.45) is 9.98 Å². The number of hydrogen-bond acceptors (Lipinski definition) is 7. The summed E-state index contributed by atoms with van der Waals surface area (Å²) in [6.07, 6.45) is 12.7. The van der Waals surface area contributed by atoms with Crippen LogP contribution >= 0.6 is 0 Å². The zero-order valence-corrected chi connectivity index (χ0v) is 31.9. The quantitative estimate of drug-likeness (QED) is 0.135. The third-order valence-corrected chi connectivity index (χ3v) is 10.9.